The zero-order valence-corrected chi connectivity index (χ0v) is 21.8. The SMILES string of the molecule is CCC(O)(CC)CCSC(C)[C@H]1CC[C@H]2C3=CC=C4C[C@@H](O)C[C@H](O)[C@]4(C)[C@H]3CC[C@]12C. The molecule has 4 aliphatic rings. The third-order valence-electron chi connectivity index (χ3n) is 10.6. The fourth-order valence-corrected chi connectivity index (χ4v) is 9.56. The Morgan fingerprint density at radius 2 is 1.81 bits per heavy atom. The van der Waals surface area contributed by atoms with Crippen LogP contribution in [-0.2, 0) is 0 Å². The molecule has 3 N–H and O–H groups in total. The first-order valence-electron chi connectivity index (χ1n) is 13.2. The minimum atomic E-state index is -0.492. The van der Waals surface area contributed by atoms with Gasteiger partial charge in [0, 0.05) is 17.1 Å². The molecule has 0 bridgehead atoms. The lowest BCUT2D eigenvalue weighted by Crippen LogP contribution is -2.52. The normalized spacial score (nSPS) is 42.4. The molecule has 0 heterocycles. The van der Waals surface area contributed by atoms with E-state index < -0.39 is 17.8 Å². The minimum Gasteiger partial charge on any atom is -0.393 e. The molecule has 4 heteroatoms. The van der Waals surface area contributed by atoms with E-state index in [0.29, 0.717) is 41.3 Å². The van der Waals surface area contributed by atoms with Crippen molar-refractivity contribution in [1.29, 1.82) is 0 Å². The average molecular weight is 463 g/mol. The van der Waals surface area contributed by atoms with E-state index in [1.165, 1.54) is 24.8 Å². The molecule has 0 radical (unpaired) electrons. The second-order valence-electron chi connectivity index (χ2n) is 11.8. The summed E-state index contributed by atoms with van der Waals surface area (Å²) in [7, 11) is 0. The molecular weight excluding hydrogens is 416 g/mol. The van der Waals surface area contributed by atoms with Gasteiger partial charge in [-0.05, 0) is 80.3 Å². The van der Waals surface area contributed by atoms with E-state index in [4.69, 9.17) is 0 Å². The van der Waals surface area contributed by atoms with Gasteiger partial charge in [-0.15, -0.1) is 0 Å². The van der Waals surface area contributed by atoms with Crippen molar-refractivity contribution in [3.63, 3.8) is 0 Å². The van der Waals surface area contributed by atoms with E-state index in [0.717, 1.165) is 31.4 Å². The number of hydrogen-bond acceptors (Lipinski definition) is 4. The molecule has 0 aromatic rings. The summed E-state index contributed by atoms with van der Waals surface area (Å²) in [6.07, 6.45) is 12.5. The van der Waals surface area contributed by atoms with Gasteiger partial charge in [-0.2, -0.15) is 11.8 Å². The van der Waals surface area contributed by atoms with Crippen molar-refractivity contribution in [2.75, 3.05) is 5.75 Å². The highest BCUT2D eigenvalue weighted by Crippen LogP contribution is 2.66. The van der Waals surface area contributed by atoms with Crippen LogP contribution in [0.4, 0.5) is 0 Å². The summed E-state index contributed by atoms with van der Waals surface area (Å²) in [5, 5.41) is 32.6. The van der Waals surface area contributed by atoms with Crippen molar-refractivity contribution in [3.8, 4) is 0 Å². The Morgan fingerprint density at radius 1 is 1.09 bits per heavy atom. The van der Waals surface area contributed by atoms with E-state index in [-0.39, 0.29) is 5.41 Å². The molecule has 182 valence electrons. The van der Waals surface area contributed by atoms with Crippen molar-refractivity contribution < 1.29 is 15.3 Å². The number of fused-ring (bicyclic) bond motifs is 5. The molecule has 3 nitrogen and oxygen atoms in total. The Hall–Kier alpha value is -0.290. The largest absolute Gasteiger partial charge is 0.393 e. The molecule has 0 aromatic carbocycles. The zero-order valence-electron chi connectivity index (χ0n) is 20.9. The van der Waals surface area contributed by atoms with Crippen LogP contribution >= 0.6 is 11.8 Å². The van der Waals surface area contributed by atoms with Crippen molar-refractivity contribution in [1.82, 2.24) is 0 Å². The Morgan fingerprint density at radius 3 is 2.50 bits per heavy atom. The number of thioether (sulfide) groups is 1. The van der Waals surface area contributed by atoms with Gasteiger partial charge in [-0.1, -0.05) is 57.9 Å². The smallest absolute Gasteiger partial charge is 0.0661 e. The van der Waals surface area contributed by atoms with Crippen LogP contribution in [0, 0.1) is 28.6 Å². The first kappa shape index (κ1) is 24.8. The highest BCUT2D eigenvalue weighted by atomic mass is 32.2. The third kappa shape index (κ3) is 3.95. The van der Waals surface area contributed by atoms with Crippen molar-refractivity contribution >= 4 is 11.8 Å². The number of rotatable bonds is 7. The Labute approximate surface area is 200 Å². The molecule has 32 heavy (non-hydrogen) atoms. The molecule has 8 atom stereocenters. The molecular formula is C28H46O3S. The molecule has 3 saturated carbocycles. The summed E-state index contributed by atoms with van der Waals surface area (Å²) >= 11 is 2.07. The van der Waals surface area contributed by atoms with E-state index in [1.807, 2.05) is 0 Å². The average Bonchev–Trinajstić information content (AvgIpc) is 3.12. The molecule has 3 fully saturated rings. The Kier molecular flexibility index (Phi) is 7.03. The van der Waals surface area contributed by atoms with Crippen LogP contribution in [0.2, 0.25) is 0 Å². The molecule has 0 aliphatic heterocycles. The predicted octanol–water partition coefficient (Wildman–Crippen LogP) is 5.88. The molecule has 0 aromatic heterocycles. The second kappa shape index (κ2) is 9.06. The van der Waals surface area contributed by atoms with Crippen molar-refractivity contribution in [3.05, 3.63) is 23.3 Å². The monoisotopic (exact) mass is 462 g/mol. The number of aliphatic hydroxyl groups is 3. The summed E-state index contributed by atoms with van der Waals surface area (Å²) in [5.41, 5.74) is 2.49. The Balaban J connectivity index is 1.49. The first-order valence-corrected chi connectivity index (χ1v) is 14.2. The number of hydrogen-bond donors (Lipinski definition) is 3. The fourth-order valence-electron chi connectivity index (χ4n) is 8.01. The minimum absolute atomic E-state index is 0.201. The fraction of sp³-hybridized carbons (Fsp3) is 0.857. The van der Waals surface area contributed by atoms with Gasteiger partial charge in [-0.3, -0.25) is 0 Å². The molecule has 0 spiro atoms. The van der Waals surface area contributed by atoms with Crippen LogP contribution in [0.25, 0.3) is 0 Å². The Bertz CT molecular complexity index is 756. The van der Waals surface area contributed by atoms with Gasteiger partial charge in [0.25, 0.3) is 0 Å². The second-order valence-corrected chi connectivity index (χ2v) is 13.3. The lowest BCUT2D eigenvalue weighted by Gasteiger charge is -2.56. The van der Waals surface area contributed by atoms with Gasteiger partial charge < -0.3 is 15.3 Å². The first-order chi connectivity index (χ1) is 15.1. The van der Waals surface area contributed by atoms with Crippen molar-refractivity contribution in [2.45, 2.75) is 115 Å². The molecule has 4 rings (SSSR count). The summed E-state index contributed by atoms with van der Waals surface area (Å²) in [6, 6.07) is 0. The third-order valence-corrected chi connectivity index (χ3v) is 11.8. The molecule has 1 unspecified atom stereocenters. The summed E-state index contributed by atoms with van der Waals surface area (Å²) in [5.74, 6) is 2.80. The van der Waals surface area contributed by atoms with E-state index >= 15 is 0 Å². The van der Waals surface area contributed by atoms with Gasteiger partial charge in [0.2, 0.25) is 0 Å². The quantitative estimate of drug-likeness (QED) is 0.442. The van der Waals surface area contributed by atoms with Gasteiger partial charge in [-0.25, -0.2) is 0 Å². The highest BCUT2D eigenvalue weighted by Gasteiger charge is 2.58. The highest BCUT2D eigenvalue weighted by molar-refractivity contribution is 7.99. The summed E-state index contributed by atoms with van der Waals surface area (Å²) in [4.78, 5) is 0. The van der Waals surface area contributed by atoms with Crippen LogP contribution in [0.3, 0.4) is 0 Å². The maximum absolute atomic E-state index is 11.1. The lowest BCUT2D eigenvalue weighted by molar-refractivity contribution is -0.0526. The van der Waals surface area contributed by atoms with Gasteiger partial charge >= 0.3 is 0 Å². The summed E-state index contributed by atoms with van der Waals surface area (Å²) < 4.78 is 0. The summed E-state index contributed by atoms with van der Waals surface area (Å²) in [6.45, 7) is 11.4. The van der Waals surface area contributed by atoms with Crippen molar-refractivity contribution in [2.24, 2.45) is 28.6 Å². The van der Waals surface area contributed by atoms with Gasteiger partial charge in [0.1, 0.15) is 0 Å². The van der Waals surface area contributed by atoms with E-state index in [2.05, 4.69) is 58.5 Å². The molecule has 0 saturated heterocycles. The van der Waals surface area contributed by atoms with E-state index in [9.17, 15) is 15.3 Å². The number of allylic oxidation sites excluding steroid dienone is 3. The van der Waals surface area contributed by atoms with Crippen LogP contribution in [0.1, 0.15) is 92.4 Å². The van der Waals surface area contributed by atoms with Crippen LogP contribution in [0.15, 0.2) is 23.3 Å². The lowest BCUT2D eigenvalue weighted by atomic mass is 9.49. The predicted molar refractivity (Wildman–Crippen MR) is 135 cm³/mol. The maximum Gasteiger partial charge on any atom is 0.0661 e. The van der Waals surface area contributed by atoms with Crippen LogP contribution in [-0.4, -0.2) is 44.1 Å². The van der Waals surface area contributed by atoms with E-state index in [1.54, 1.807) is 5.57 Å². The van der Waals surface area contributed by atoms with Crippen LogP contribution < -0.4 is 0 Å². The maximum atomic E-state index is 11.1. The standard InChI is InChI=1S/C28H46O3S/c1-6-28(31,7-2)14-15-32-18(3)22-10-11-23-21-9-8-19-16-20(29)17-25(30)27(19,5)24(21)12-13-26(22,23)4/h8-9,18,20,22-25,29-31H,6-7,10-17H2,1-5H3/t18?,20-,22-,23+,24+,25+,26-,27+/m1/s1. The van der Waals surface area contributed by atoms with Crippen LogP contribution in [0.5, 0.6) is 0 Å². The molecule has 4 aliphatic carbocycles. The van der Waals surface area contributed by atoms with Gasteiger partial charge in [0.15, 0.2) is 0 Å². The number of aliphatic hydroxyl groups excluding tert-OH is 2. The van der Waals surface area contributed by atoms with Gasteiger partial charge in [0.05, 0.1) is 17.8 Å². The topological polar surface area (TPSA) is 60.7 Å². The molecule has 0 amide bonds. The zero-order chi connectivity index (χ0) is 23.3.